The molecule has 3 aromatic rings. The first-order chi connectivity index (χ1) is 17.6. The Morgan fingerprint density at radius 1 is 0.806 bits per heavy atom. The highest BCUT2D eigenvalue weighted by Crippen LogP contribution is 2.29. The third-order valence-electron chi connectivity index (χ3n) is 7.08. The highest BCUT2D eigenvalue weighted by molar-refractivity contribution is 5.90. The maximum atomic E-state index is 14.3. The number of aryl methyl sites for hydroxylation is 1. The van der Waals surface area contributed by atoms with Gasteiger partial charge in [0.2, 0.25) is 5.91 Å². The Morgan fingerprint density at radius 3 is 1.86 bits per heavy atom. The summed E-state index contributed by atoms with van der Waals surface area (Å²) in [5.41, 5.74) is 2.84. The molecule has 1 N–H and O–H groups in total. The third-order valence-corrected chi connectivity index (χ3v) is 7.08. The summed E-state index contributed by atoms with van der Waals surface area (Å²) in [5, 5.41) is 10.3. The molecule has 1 heterocycles. The van der Waals surface area contributed by atoms with Crippen LogP contribution in [0.3, 0.4) is 0 Å². The predicted molar refractivity (Wildman–Crippen MR) is 143 cm³/mol. The van der Waals surface area contributed by atoms with E-state index >= 15 is 0 Å². The SMILES string of the molecule is O=C(O)C(CCc1ccccc1)N(CCCN1CCCC1)C(=O)C(c1ccccc1)c1ccccc1. The van der Waals surface area contributed by atoms with Crippen LogP contribution in [0.2, 0.25) is 0 Å². The molecular formula is C31H36N2O3. The van der Waals surface area contributed by atoms with Crippen LogP contribution in [0.4, 0.5) is 0 Å². The molecule has 0 radical (unpaired) electrons. The van der Waals surface area contributed by atoms with Gasteiger partial charge < -0.3 is 14.9 Å². The molecule has 1 aliphatic heterocycles. The first kappa shape index (κ1) is 25.6. The summed E-state index contributed by atoms with van der Waals surface area (Å²) in [5.74, 6) is -1.63. The van der Waals surface area contributed by atoms with Crippen molar-refractivity contribution >= 4 is 11.9 Å². The molecular weight excluding hydrogens is 448 g/mol. The molecule has 0 spiro atoms. The number of aliphatic carboxylic acids is 1. The van der Waals surface area contributed by atoms with E-state index < -0.39 is 17.9 Å². The number of carbonyl (C=O) groups excluding carboxylic acids is 1. The zero-order valence-electron chi connectivity index (χ0n) is 20.8. The second-order valence-corrected chi connectivity index (χ2v) is 9.57. The van der Waals surface area contributed by atoms with Gasteiger partial charge in [-0.1, -0.05) is 91.0 Å². The van der Waals surface area contributed by atoms with Crippen molar-refractivity contribution in [3.63, 3.8) is 0 Å². The molecule has 0 saturated carbocycles. The van der Waals surface area contributed by atoms with Gasteiger partial charge in [-0.2, -0.15) is 0 Å². The minimum absolute atomic E-state index is 0.144. The molecule has 188 valence electrons. The predicted octanol–water partition coefficient (Wildman–Crippen LogP) is 5.22. The molecule has 5 heteroatoms. The quantitative estimate of drug-likeness (QED) is 0.383. The number of hydrogen-bond acceptors (Lipinski definition) is 3. The molecule has 0 aromatic heterocycles. The van der Waals surface area contributed by atoms with Crippen LogP contribution < -0.4 is 0 Å². The van der Waals surface area contributed by atoms with Gasteiger partial charge in [0.15, 0.2) is 0 Å². The maximum absolute atomic E-state index is 14.3. The van der Waals surface area contributed by atoms with Crippen LogP contribution in [-0.2, 0) is 16.0 Å². The van der Waals surface area contributed by atoms with E-state index in [1.807, 2.05) is 91.0 Å². The van der Waals surface area contributed by atoms with Crippen molar-refractivity contribution in [1.29, 1.82) is 0 Å². The third kappa shape index (κ3) is 6.82. The largest absolute Gasteiger partial charge is 0.480 e. The molecule has 5 nitrogen and oxygen atoms in total. The highest BCUT2D eigenvalue weighted by atomic mass is 16.4. The van der Waals surface area contributed by atoms with E-state index in [0.717, 1.165) is 42.7 Å². The van der Waals surface area contributed by atoms with Crippen molar-refractivity contribution in [2.45, 2.75) is 44.1 Å². The number of benzene rings is 3. The van der Waals surface area contributed by atoms with Crippen LogP contribution in [0.1, 0.15) is 48.3 Å². The van der Waals surface area contributed by atoms with Crippen molar-refractivity contribution in [3.8, 4) is 0 Å². The van der Waals surface area contributed by atoms with E-state index in [1.54, 1.807) is 4.90 Å². The fourth-order valence-corrected chi connectivity index (χ4v) is 5.19. The van der Waals surface area contributed by atoms with Crippen LogP contribution in [-0.4, -0.2) is 59.0 Å². The Hall–Kier alpha value is -3.44. The van der Waals surface area contributed by atoms with Gasteiger partial charge in [0.25, 0.3) is 0 Å². The summed E-state index contributed by atoms with van der Waals surface area (Å²) < 4.78 is 0. The number of hydrogen-bond donors (Lipinski definition) is 1. The summed E-state index contributed by atoms with van der Waals surface area (Å²) in [6, 6.07) is 28.4. The van der Waals surface area contributed by atoms with Crippen LogP contribution in [0.15, 0.2) is 91.0 Å². The minimum Gasteiger partial charge on any atom is -0.480 e. The van der Waals surface area contributed by atoms with E-state index in [4.69, 9.17) is 0 Å². The summed E-state index contributed by atoms with van der Waals surface area (Å²) in [6.07, 6.45) is 4.17. The average Bonchev–Trinajstić information content (AvgIpc) is 3.43. The maximum Gasteiger partial charge on any atom is 0.326 e. The fraction of sp³-hybridized carbons (Fsp3) is 0.355. The van der Waals surface area contributed by atoms with Crippen molar-refractivity contribution < 1.29 is 14.7 Å². The van der Waals surface area contributed by atoms with Crippen molar-refractivity contribution in [1.82, 2.24) is 9.80 Å². The molecule has 1 aliphatic rings. The van der Waals surface area contributed by atoms with E-state index in [-0.39, 0.29) is 5.91 Å². The second kappa shape index (κ2) is 13.0. The van der Waals surface area contributed by atoms with Gasteiger partial charge in [-0.15, -0.1) is 0 Å². The monoisotopic (exact) mass is 484 g/mol. The van der Waals surface area contributed by atoms with Crippen LogP contribution in [0.25, 0.3) is 0 Å². The minimum atomic E-state index is -0.944. The Kier molecular flexibility index (Phi) is 9.28. The van der Waals surface area contributed by atoms with Crippen LogP contribution >= 0.6 is 0 Å². The summed E-state index contributed by atoms with van der Waals surface area (Å²) in [7, 11) is 0. The summed E-state index contributed by atoms with van der Waals surface area (Å²) in [4.78, 5) is 30.9. The number of likely N-dealkylation sites (tertiary alicyclic amines) is 1. The first-order valence-corrected chi connectivity index (χ1v) is 13.0. The molecule has 3 aromatic carbocycles. The molecule has 1 unspecified atom stereocenters. The van der Waals surface area contributed by atoms with E-state index in [2.05, 4.69) is 4.90 Å². The number of rotatable bonds is 12. The average molecular weight is 485 g/mol. The first-order valence-electron chi connectivity index (χ1n) is 13.0. The van der Waals surface area contributed by atoms with Gasteiger partial charge in [0, 0.05) is 6.54 Å². The molecule has 4 rings (SSSR count). The Bertz CT molecular complexity index is 1040. The number of carbonyl (C=O) groups is 2. The standard InChI is InChI=1S/C31H36N2O3/c34-30(29(26-15-6-2-7-16-26)27-17-8-3-9-18-27)33(24-12-23-32-21-10-11-22-32)28(31(35)36)20-19-25-13-4-1-5-14-25/h1-9,13-18,28-29H,10-12,19-24H2,(H,35,36). The van der Waals surface area contributed by atoms with Crippen molar-refractivity contribution in [3.05, 3.63) is 108 Å². The highest BCUT2D eigenvalue weighted by Gasteiger charge is 2.35. The van der Waals surface area contributed by atoms with Crippen LogP contribution in [0.5, 0.6) is 0 Å². The molecule has 1 amide bonds. The molecule has 0 bridgehead atoms. The zero-order chi connectivity index (χ0) is 25.2. The Morgan fingerprint density at radius 2 is 1.33 bits per heavy atom. The lowest BCUT2D eigenvalue weighted by atomic mass is 9.89. The number of amides is 1. The van der Waals surface area contributed by atoms with Gasteiger partial charge in [0.1, 0.15) is 6.04 Å². The van der Waals surface area contributed by atoms with Crippen molar-refractivity contribution in [2.75, 3.05) is 26.2 Å². The fourth-order valence-electron chi connectivity index (χ4n) is 5.19. The van der Waals surface area contributed by atoms with Crippen molar-refractivity contribution in [2.24, 2.45) is 0 Å². The molecule has 1 fully saturated rings. The topological polar surface area (TPSA) is 60.9 Å². The van der Waals surface area contributed by atoms with E-state index in [9.17, 15) is 14.7 Å². The number of carboxylic acid groups (broad SMARTS) is 1. The lowest BCUT2D eigenvalue weighted by molar-refractivity contribution is -0.151. The summed E-state index contributed by atoms with van der Waals surface area (Å²) >= 11 is 0. The van der Waals surface area contributed by atoms with Gasteiger partial charge >= 0.3 is 5.97 Å². The Balaban J connectivity index is 1.62. The van der Waals surface area contributed by atoms with Gasteiger partial charge in [-0.05, 0) is 68.4 Å². The number of nitrogens with zero attached hydrogens (tertiary/aromatic N) is 2. The summed E-state index contributed by atoms with van der Waals surface area (Å²) in [6.45, 7) is 3.48. The van der Waals surface area contributed by atoms with Gasteiger partial charge in [0.05, 0.1) is 5.92 Å². The smallest absolute Gasteiger partial charge is 0.326 e. The second-order valence-electron chi connectivity index (χ2n) is 9.57. The lowest BCUT2D eigenvalue weighted by Gasteiger charge is -2.33. The van der Waals surface area contributed by atoms with E-state index in [1.165, 1.54) is 12.8 Å². The molecule has 1 atom stereocenters. The lowest BCUT2D eigenvalue weighted by Crippen LogP contribution is -2.48. The van der Waals surface area contributed by atoms with Gasteiger partial charge in [-0.3, -0.25) is 4.79 Å². The zero-order valence-corrected chi connectivity index (χ0v) is 20.8. The Labute approximate surface area is 214 Å². The number of carboxylic acids is 1. The van der Waals surface area contributed by atoms with E-state index in [0.29, 0.717) is 19.4 Å². The normalized spacial score (nSPS) is 14.6. The van der Waals surface area contributed by atoms with Crippen LogP contribution in [0, 0.1) is 0 Å². The molecule has 36 heavy (non-hydrogen) atoms. The molecule has 1 saturated heterocycles. The molecule has 0 aliphatic carbocycles. The van der Waals surface area contributed by atoms with Gasteiger partial charge in [-0.25, -0.2) is 4.79 Å².